The summed E-state index contributed by atoms with van der Waals surface area (Å²) in [5.41, 5.74) is -0.401. The number of likely N-dealkylation sites (tertiary alicyclic amines) is 1. The Morgan fingerprint density at radius 1 is 1.17 bits per heavy atom. The number of amides is 2. The topological polar surface area (TPSA) is 111 Å². The van der Waals surface area contributed by atoms with E-state index < -0.39 is 16.6 Å². The van der Waals surface area contributed by atoms with Crippen molar-refractivity contribution in [1.82, 2.24) is 10.2 Å². The van der Waals surface area contributed by atoms with Crippen molar-refractivity contribution >= 4 is 17.9 Å². The molecule has 1 saturated heterocycles. The number of piperidine rings is 1. The maximum atomic E-state index is 12.2. The van der Waals surface area contributed by atoms with Crippen molar-refractivity contribution in [3.8, 4) is 5.75 Å². The lowest BCUT2D eigenvalue weighted by Crippen LogP contribution is -2.56. The fraction of sp³-hybridized carbons (Fsp3) is 0.600. The summed E-state index contributed by atoms with van der Waals surface area (Å²) >= 11 is 0. The first-order chi connectivity index (χ1) is 13.6. The molecule has 0 aromatic heterocycles. The Morgan fingerprint density at radius 2 is 1.76 bits per heavy atom. The van der Waals surface area contributed by atoms with Gasteiger partial charge in [-0.3, -0.25) is 10.1 Å². The van der Waals surface area contributed by atoms with Crippen LogP contribution in [-0.4, -0.2) is 46.7 Å². The molecule has 158 valence electrons. The van der Waals surface area contributed by atoms with E-state index in [0.29, 0.717) is 13.1 Å². The van der Waals surface area contributed by atoms with Gasteiger partial charge in [-0.25, -0.2) is 9.59 Å². The van der Waals surface area contributed by atoms with Crippen LogP contribution in [-0.2, 0) is 4.74 Å². The predicted molar refractivity (Wildman–Crippen MR) is 105 cm³/mol. The molecule has 1 aliphatic carbocycles. The van der Waals surface area contributed by atoms with Crippen LogP contribution in [0.1, 0.15) is 46.5 Å². The van der Waals surface area contributed by atoms with Gasteiger partial charge >= 0.3 is 12.2 Å². The van der Waals surface area contributed by atoms with Crippen LogP contribution < -0.4 is 10.1 Å². The summed E-state index contributed by atoms with van der Waals surface area (Å²) < 4.78 is 10.6. The largest absolute Gasteiger partial charge is 0.444 e. The van der Waals surface area contributed by atoms with Crippen LogP contribution in [0.15, 0.2) is 24.3 Å². The molecule has 0 radical (unpaired) electrons. The lowest BCUT2D eigenvalue weighted by molar-refractivity contribution is -0.384. The van der Waals surface area contributed by atoms with Crippen molar-refractivity contribution in [3.63, 3.8) is 0 Å². The van der Waals surface area contributed by atoms with Crippen LogP contribution in [0.2, 0.25) is 0 Å². The van der Waals surface area contributed by atoms with Crippen LogP contribution in [0.4, 0.5) is 15.3 Å². The molecule has 1 N–H and O–H groups in total. The van der Waals surface area contributed by atoms with Gasteiger partial charge in [-0.15, -0.1) is 0 Å². The monoisotopic (exact) mass is 405 g/mol. The maximum Gasteiger partial charge on any atom is 0.412 e. The van der Waals surface area contributed by atoms with Crippen molar-refractivity contribution in [2.75, 3.05) is 13.1 Å². The number of nitro groups is 1. The molecule has 1 spiro atoms. The minimum atomic E-state index is -0.565. The highest BCUT2D eigenvalue weighted by Crippen LogP contribution is 2.49. The van der Waals surface area contributed by atoms with Crippen molar-refractivity contribution in [2.24, 2.45) is 5.41 Å². The molecule has 3 rings (SSSR count). The van der Waals surface area contributed by atoms with Gasteiger partial charge in [-0.05, 0) is 64.0 Å². The third kappa shape index (κ3) is 5.36. The molecule has 9 nitrogen and oxygen atoms in total. The minimum Gasteiger partial charge on any atom is -0.444 e. The number of non-ortho nitro benzene ring substituents is 1. The smallest absolute Gasteiger partial charge is 0.412 e. The molecule has 1 aromatic carbocycles. The standard InChI is InChI=1S/C20H27N3O6/c1-19(2,3)29-18(25)22-10-8-20(9-11-22)12-14(13-20)21-17(24)28-16-6-4-15(5-7-16)23(26)27/h4-7,14H,8-13H2,1-3H3,(H,21,24). The van der Waals surface area contributed by atoms with Crippen LogP contribution in [0.5, 0.6) is 5.75 Å². The Morgan fingerprint density at radius 3 is 2.28 bits per heavy atom. The molecule has 0 unspecified atom stereocenters. The average molecular weight is 405 g/mol. The Bertz CT molecular complexity index is 770. The molecule has 2 fully saturated rings. The number of carbonyl (C=O) groups is 2. The van der Waals surface area contributed by atoms with Crippen molar-refractivity contribution in [2.45, 2.75) is 58.1 Å². The summed E-state index contributed by atoms with van der Waals surface area (Å²) in [6.07, 6.45) is 2.65. The van der Waals surface area contributed by atoms with Crippen molar-refractivity contribution in [3.05, 3.63) is 34.4 Å². The summed E-state index contributed by atoms with van der Waals surface area (Å²) in [6, 6.07) is 5.41. The Hall–Kier alpha value is -2.84. The van der Waals surface area contributed by atoms with Gasteiger partial charge in [-0.2, -0.15) is 0 Å². The number of hydrogen-bond acceptors (Lipinski definition) is 6. The molecular weight excluding hydrogens is 378 g/mol. The van der Waals surface area contributed by atoms with Gasteiger partial charge in [0.15, 0.2) is 0 Å². The second-order valence-electron chi connectivity index (χ2n) is 8.86. The van der Waals surface area contributed by atoms with Crippen LogP contribution >= 0.6 is 0 Å². The van der Waals surface area contributed by atoms with Gasteiger partial charge in [-0.1, -0.05) is 0 Å². The summed E-state index contributed by atoms with van der Waals surface area (Å²) in [5, 5.41) is 13.5. The zero-order valence-corrected chi connectivity index (χ0v) is 17.0. The van der Waals surface area contributed by atoms with Crippen LogP contribution in [0.25, 0.3) is 0 Å². The lowest BCUT2D eigenvalue weighted by Gasteiger charge is -2.52. The first kappa shape index (κ1) is 20.9. The number of carbonyl (C=O) groups excluding carboxylic acids is 2. The predicted octanol–water partition coefficient (Wildman–Crippen LogP) is 3.86. The molecule has 1 aliphatic heterocycles. The molecule has 0 bridgehead atoms. The molecule has 0 atom stereocenters. The van der Waals surface area contributed by atoms with Gasteiger partial charge in [0.1, 0.15) is 11.4 Å². The van der Waals surface area contributed by atoms with Gasteiger partial charge < -0.3 is 19.7 Å². The molecule has 29 heavy (non-hydrogen) atoms. The summed E-state index contributed by atoms with van der Waals surface area (Å²) in [5.74, 6) is 0.257. The van der Waals surface area contributed by atoms with E-state index in [1.807, 2.05) is 20.8 Å². The van der Waals surface area contributed by atoms with Crippen LogP contribution in [0, 0.1) is 15.5 Å². The number of hydrogen-bond donors (Lipinski definition) is 1. The van der Waals surface area contributed by atoms with Crippen molar-refractivity contribution in [1.29, 1.82) is 0 Å². The van der Waals surface area contributed by atoms with Gasteiger partial charge in [0.2, 0.25) is 0 Å². The number of rotatable bonds is 3. The highest BCUT2D eigenvalue weighted by Gasteiger charge is 2.47. The number of ether oxygens (including phenoxy) is 2. The first-order valence-electron chi connectivity index (χ1n) is 9.76. The SMILES string of the molecule is CC(C)(C)OC(=O)N1CCC2(CC1)CC(NC(=O)Oc1ccc([N+](=O)[O-])cc1)C2. The number of benzene rings is 1. The third-order valence-corrected chi connectivity index (χ3v) is 5.41. The Kier molecular flexibility index (Phi) is 5.68. The maximum absolute atomic E-state index is 12.2. The van der Waals surface area contributed by atoms with Crippen LogP contribution in [0.3, 0.4) is 0 Å². The highest BCUT2D eigenvalue weighted by atomic mass is 16.6. The van der Waals surface area contributed by atoms with E-state index in [2.05, 4.69) is 5.32 Å². The average Bonchev–Trinajstić information content (AvgIpc) is 2.60. The second kappa shape index (κ2) is 7.88. The Labute approximate surface area is 169 Å². The van der Waals surface area contributed by atoms with Gasteiger partial charge in [0.05, 0.1) is 4.92 Å². The van der Waals surface area contributed by atoms with Gasteiger partial charge in [0, 0.05) is 31.3 Å². The molecular formula is C20H27N3O6. The summed E-state index contributed by atoms with van der Waals surface area (Å²) in [7, 11) is 0. The molecule has 9 heteroatoms. The van der Waals surface area contributed by atoms with E-state index >= 15 is 0 Å². The van der Waals surface area contributed by atoms with E-state index in [4.69, 9.17) is 9.47 Å². The van der Waals surface area contributed by atoms with Crippen molar-refractivity contribution < 1.29 is 24.0 Å². The fourth-order valence-electron chi connectivity index (χ4n) is 3.93. The fourth-order valence-corrected chi connectivity index (χ4v) is 3.93. The third-order valence-electron chi connectivity index (χ3n) is 5.41. The second-order valence-corrected chi connectivity index (χ2v) is 8.86. The normalized spacial score (nSPS) is 18.7. The van der Waals surface area contributed by atoms with E-state index in [-0.39, 0.29) is 29.0 Å². The van der Waals surface area contributed by atoms with E-state index in [1.54, 1.807) is 4.90 Å². The molecule has 1 saturated carbocycles. The zero-order valence-electron chi connectivity index (χ0n) is 17.0. The first-order valence-corrected chi connectivity index (χ1v) is 9.76. The van der Waals surface area contributed by atoms with E-state index in [9.17, 15) is 19.7 Å². The number of nitrogens with one attached hydrogen (secondary N) is 1. The number of nitro benzene ring substituents is 1. The summed E-state index contributed by atoms with van der Waals surface area (Å²) in [4.78, 5) is 36.1. The lowest BCUT2D eigenvalue weighted by atomic mass is 9.60. The van der Waals surface area contributed by atoms with E-state index in [1.165, 1.54) is 24.3 Å². The molecule has 2 amide bonds. The minimum absolute atomic E-state index is 0.0358. The van der Waals surface area contributed by atoms with E-state index in [0.717, 1.165) is 25.7 Å². The quantitative estimate of drug-likeness (QED) is 0.604. The number of nitrogens with zero attached hydrogens (tertiary/aromatic N) is 2. The zero-order chi connectivity index (χ0) is 21.2. The molecule has 2 aliphatic rings. The Balaban J connectivity index is 1.40. The molecule has 1 heterocycles. The summed E-state index contributed by atoms with van der Waals surface area (Å²) in [6.45, 7) is 6.89. The highest BCUT2D eigenvalue weighted by molar-refractivity contribution is 5.71. The van der Waals surface area contributed by atoms with Gasteiger partial charge in [0.25, 0.3) is 5.69 Å². The molecule has 1 aromatic rings.